The molecule has 0 heterocycles. The van der Waals surface area contributed by atoms with Gasteiger partial charge in [-0.05, 0) is 38.0 Å². The molecule has 0 saturated carbocycles. The normalized spacial score (nSPS) is 13.6. The van der Waals surface area contributed by atoms with Gasteiger partial charge in [-0.25, -0.2) is 12.8 Å². The first-order valence-electron chi connectivity index (χ1n) is 7.38. The maximum atomic E-state index is 13.5. The van der Waals surface area contributed by atoms with Crippen molar-refractivity contribution in [1.82, 2.24) is 4.31 Å². The van der Waals surface area contributed by atoms with Gasteiger partial charge >= 0.3 is 0 Å². The van der Waals surface area contributed by atoms with Crippen LogP contribution in [0.25, 0.3) is 0 Å². The Balaban J connectivity index is 3.21. The molecular weight excluding hydrogens is 291 g/mol. The molecule has 4 nitrogen and oxygen atoms in total. The van der Waals surface area contributed by atoms with E-state index in [0.717, 1.165) is 19.3 Å². The summed E-state index contributed by atoms with van der Waals surface area (Å²) in [7, 11) is -3.62. The lowest BCUT2D eigenvalue weighted by Crippen LogP contribution is -2.39. The topological polar surface area (TPSA) is 63.4 Å². The van der Waals surface area contributed by atoms with Gasteiger partial charge < -0.3 is 5.73 Å². The van der Waals surface area contributed by atoms with Gasteiger partial charge in [-0.2, -0.15) is 4.31 Å². The number of halogens is 1. The molecule has 0 bridgehead atoms. The molecule has 0 aliphatic rings. The molecule has 1 rings (SSSR count). The van der Waals surface area contributed by atoms with Crippen LogP contribution in [0.15, 0.2) is 23.1 Å². The minimum Gasteiger partial charge on any atom is -0.326 e. The number of benzene rings is 1. The Labute approximate surface area is 127 Å². The SMILES string of the molecule is CCCCN(C(C)CC)S(=O)(=O)c1ccc(F)c(CN)c1. The minimum absolute atomic E-state index is 0.0204. The molecule has 0 spiro atoms. The standard InChI is InChI=1S/C15H25FN2O2S/c1-4-6-9-18(12(3)5-2)21(19,20)14-7-8-15(16)13(10-14)11-17/h7-8,10,12H,4-6,9,11,17H2,1-3H3. The first kappa shape index (κ1) is 18.1. The van der Waals surface area contributed by atoms with E-state index in [1.807, 2.05) is 20.8 Å². The maximum absolute atomic E-state index is 13.5. The van der Waals surface area contributed by atoms with Crippen LogP contribution < -0.4 is 5.73 Å². The van der Waals surface area contributed by atoms with Crippen LogP contribution in [-0.4, -0.2) is 25.3 Å². The number of hydrogen-bond acceptors (Lipinski definition) is 3. The van der Waals surface area contributed by atoms with Crippen LogP contribution >= 0.6 is 0 Å². The Morgan fingerprint density at radius 3 is 2.52 bits per heavy atom. The maximum Gasteiger partial charge on any atom is 0.243 e. The van der Waals surface area contributed by atoms with Crippen LogP contribution in [0, 0.1) is 5.82 Å². The average molecular weight is 316 g/mol. The van der Waals surface area contributed by atoms with E-state index in [0.29, 0.717) is 6.54 Å². The third kappa shape index (κ3) is 4.25. The van der Waals surface area contributed by atoms with Crippen molar-refractivity contribution in [3.8, 4) is 0 Å². The highest BCUT2D eigenvalue weighted by Crippen LogP contribution is 2.22. The van der Waals surface area contributed by atoms with Crippen molar-refractivity contribution in [3.05, 3.63) is 29.6 Å². The molecule has 2 N–H and O–H groups in total. The predicted octanol–water partition coefficient (Wildman–Crippen LogP) is 2.87. The molecule has 1 unspecified atom stereocenters. The molecule has 120 valence electrons. The summed E-state index contributed by atoms with van der Waals surface area (Å²) in [6.45, 7) is 6.32. The van der Waals surface area contributed by atoms with Crippen LogP contribution in [-0.2, 0) is 16.6 Å². The summed E-state index contributed by atoms with van der Waals surface area (Å²) in [6, 6.07) is 3.73. The Morgan fingerprint density at radius 1 is 1.33 bits per heavy atom. The van der Waals surface area contributed by atoms with E-state index in [9.17, 15) is 12.8 Å². The van der Waals surface area contributed by atoms with E-state index in [-0.39, 0.29) is 23.0 Å². The lowest BCUT2D eigenvalue weighted by Gasteiger charge is -2.27. The summed E-state index contributed by atoms with van der Waals surface area (Å²) >= 11 is 0. The zero-order valence-corrected chi connectivity index (χ0v) is 13.8. The molecule has 1 atom stereocenters. The second kappa shape index (κ2) is 7.87. The first-order chi connectivity index (χ1) is 9.88. The van der Waals surface area contributed by atoms with Crippen LogP contribution in [0.1, 0.15) is 45.6 Å². The monoisotopic (exact) mass is 316 g/mol. The van der Waals surface area contributed by atoms with E-state index in [1.54, 1.807) is 0 Å². The molecule has 0 saturated heterocycles. The lowest BCUT2D eigenvalue weighted by atomic mass is 10.2. The van der Waals surface area contributed by atoms with Crippen molar-refractivity contribution in [2.45, 2.75) is 57.5 Å². The summed E-state index contributed by atoms with van der Waals surface area (Å²) in [5.41, 5.74) is 5.67. The Morgan fingerprint density at radius 2 is 2.00 bits per heavy atom. The van der Waals surface area contributed by atoms with E-state index in [2.05, 4.69) is 0 Å². The summed E-state index contributed by atoms with van der Waals surface area (Å²) < 4.78 is 40.6. The highest BCUT2D eigenvalue weighted by molar-refractivity contribution is 7.89. The highest BCUT2D eigenvalue weighted by atomic mass is 32.2. The second-order valence-electron chi connectivity index (χ2n) is 5.18. The second-order valence-corrected chi connectivity index (χ2v) is 7.07. The molecule has 0 aliphatic heterocycles. The Kier molecular flexibility index (Phi) is 6.77. The summed E-state index contributed by atoms with van der Waals surface area (Å²) in [5.74, 6) is -0.472. The zero-order chi connectivity index (χ0) is 16.0. The molecule has 0 fully saturated rings. The summed E-state index contributed by atoms with van der Waals surface area (Å²) in [4.78, 5) is 0.112. The van der Waals surface area contributed by atoms with Gasteiger partial charge in [0, 0.05) is 24.7 Å². The van der Waals surface area contributed by atoms with Crippen molar-refractivity contribution in [2.24, 2.45) is 5.73 Å². The molecule has 0 aromatic heterocycles. The summed E-state index contributed by atoms with van der Waals surface area (Å²) in [5, 5.41) is 0. The molecular formula is C15H25FN2O2S. The van der Waals surface area contributed by atoms with Gasteiger partial charge in [-0.1, -0.05) is 20.3 Å². The molecule has 1 aromatic carbocycles. The van der Waals surface area contributed by atoms with E-state index in [4.69, 9.17) is 5.73 Å². The van der Waals surface area contributed by atoms with Gasteiger partial charge in [0.25, 0.3) is 0 Å². The van der Waals surface area contributed by atoms with Crippen LogP contribution in [0.4, 0.5) is 4.39 Å². The largest absolute Gasteiger partial charge is 0.326 e. The highest BCUT2D eigenvalue weighted by Gasteiger charge is 2.28. The van der Waals surface area contributed by atoms with Crippen molar-refractivity contribution in [3.63, 3.8) is 0 Å². The third-order valence-electron chi connectivity index (χ3n) is 3.66. The van der Waals surface area contributed by atoms with Crippen molar-refractivity contribution in [2.75, 3.05) is 6.54 Å². The van der Waals surface area contributed by atoms with Gasteiger partial charge in [0.05, 0.1) is 4.90 Å². The van der Waals surface area contributed by atoms with Crippen molar-refractivity contribution < 1.29 is 12.8 Å². The number of nitrogens with two attached hydrogens (primary N) is 1. The Bertz CT molecular complexity index is 561. The lowest BCUT2D eigenvalue weighted by molar-refractivity contribution is 0.324. The number of hydrogen-bond donors (Lipinski definition) is 1. The number of unbranched alkanes of at least 4 members (excludes halogenated alkanes) is 1. The van der Waals surface area contributed by atoms with Crippen molar-refractivity contribution >= 4 is 10.0 Å². The molecule has 6 heteroatoms. The predicted molar refractivity (Wildman–Crippen MR) is 82.8 cm³/mol. The molecule has 1 aromatic rings. The van der Waals surface area contributed by atoms with Crippen LogP contribution in [0.3, 0.4) is 0 Å². The van der Waals surface area contributed by atoms with Crippen LogP contribution in [0.5, 0.6) is 0 Å². The molecule has 0 aliphatic carbocycles. The van der Waals surface area contributed by atoms with Gasteiger partial charge in [0.1, 0.15) is 5.82 Å². The number of rotatable bonds is 8. The van der Waals surface area contributed by atoms with Crippen LogP contribution in [0.2, 0.25) is 0 Å². The number of sulfonamides is 1. The minimum atomic E-state index is -3.62. The van der Waals surface area contributed by atoms with E-state index in [1.165, 1.54) is 22.5 Å². The zero-order valence-electron chi connectivity index (χ0n) is 13.0. The Hall–Kier alpha value is -0.980. The average Bonchev–Trinajstić information content (AvgIpc) is 2.47. The van der Waals surface area contributed by atoms with Gasteiger partial charge in [0.15, 0.2) is 0 Å². The first-order valence-corrected chi connectivity index (χ1v) is 8.82. The molecule has 21 heavy (non-hydrogen) atoms. The smallest absolute Gasteiger partial charge is 0.243 e. The molecule has 0 amide bonds. The fourth-order valence-corrected chi connectivity index (χ4v) is 3.89. The van der Waals surface area contributed by atoms with Crippen molar-refractivity contribution in [1.29, 1.82) is 0 Å². The quantitative estimate of drug-likeness (QED) is 0.802. The van der Waals surface area contributed by atoms with Gasteiger partial charge in [-0.15, -0.1) is 0 Å². The fraction of sp³-hybridized carbons (Fsp3) is 0.600. The fourth-order valence-electron chi connectivity index (χ4n) is 2.10. The van der Waals surface area contributed by atoms with Gasteiger partial charge in [0.2, 0.25) is 10.0 Å². The van der Waals surface area contributed by atoms with Gasteiger partial charge in [-0.3, -0.25) is 0 Å². The van der Waals surface area contributed by atoms with E-state index < -0.39 is 15.8 Å². The third-order valence-corrected chi connectivity index (χ3v) is 5.67. The van der Waals surface area contributed by atoms with E-state index >= 15 is 0 Å². The number of nitrogens with zero attached hydrogens (tertiary/aromatic N) is 1. The summed E-state index contributed by atoms with van der Waals surface area (Å²) in [6.07, 6.45) is 2.45. The molecule has 0 radical (unpaired) electrons.